The number of allylic oxidation sites excluding steroid dienone is 2. The monoisotopic (exact) mass is 432 g/mol. The van der Waals surface area contributed by atoms with Crippen LogP contribution in [0.2, 0.25) is 5.02 Å². The van der Waals surface area contributed by atoms with Gasteiger partial charge in [0.05, 0.1) is 16.1 Å². The van der Waals surface area contributed by atoms with Gasteiger partial charge in [-0.25, -0.2) is 9.59 Å². The Balaban J connectivity index is 1.72. The largest absolute Gasteiger partial charge is 0.423 e. The second kappa shape index (κ2) is 8.78. The van der Waals surface area contributed by atoms with Gasteiger partial charge in [-0.2, -0.15) is 0 Å². The molecule has 1 aliphatic carbocycles. The predicted molar refractivity (Wildman–Crippen MR) is 120 cm³/mol. The highest BCUT2D eigenvalue weighted by molar-refractivity contribution is 6.32. The van der Waals surface area contributed by atoms with Crippen LogP contribution in [0.15, 0.2) is 77.9 Å². The highest BCUT2D eigenvalue weighted by Gasteiger charge is 2.27. The minimum Gasteiger partial charge on any atom is -0.423 e. The third kappa shape index (κ3) is 4.39. The molecule has 31 heavy (non-hydrogen) atoms. The van der Waals surface area contributed by atoms with E-state index < -0.39 is 11.9 Å². The molecule has 0 saturated heterocycles. The zero-order valence-electron chi connectivity index (χ0n) is 17.3. The molecule has 0 fully saturated rings. The molecule has 0 atom stereocenters. The number of benzene rings is 3. The van der Waals surface area contributed by atoms with Gasteiger partial charge in [0.1, 0.15) is 5.75 Å². The fourth-order valence-corrected chi connectivity index (χ4v) is 3.82. The second-order valence-corrected chi connectivity index (χ2v) is 7.98. The van der Waals surface area contributed by atoms with Gasteiger partial charge in [-0.3, -0.25) is 0 Å². The first kappa shape index (κ1) is 20.9. The van der Waals surface area contributed by atoms with E-state index in [-0.39, 0.29) is 5.02 Å². The summed E-state index contributed by atoms with van der Waals surface area (Å²) in [5.74, 6) is -0.239. The molecule has 0 bridgehead atoms. The summed E-state index contributed by atoms with van der Waals surface area (Å²) < 4.78 is 11.4. The van der Waals surface area contributed by atoms with Crippen LogP contribution >= 0.6 is 11.6 Å². The average molecular weight is 433 g/mol. The van der Waals surface area contributed by atoms with Crippen molar-refractivity contribution in [2.24, 2.45) is 0 Å². The van der Waals surface area contributed by atoms with Crippen molar-refractivity contribution >= 4 is 23.5 Å². The molecule has 3 aromatic carbocycles. The number of ether oxygens (including phenoxy) is 2. The van der Waals surface area contributed by atoms with Gasteiger partial charge in [0.25, 0.3) is 0 Å². The Morgan fingerprint density at radius 2 is 1.23 bits per heavy atom. The van der Waals surface area contributed by atoms with Gasteiger partial charge in [-0.05, 0) is 51.0 Å². The molecule has 0 unspecified atom stereocenters. The Kier molecular flexibility index (Phi) is 5.92. The van der Waals surface area contributed by atoms with E-state index in [9.17, 15) is 9.59 Å². The van der Waals surface area contributed by atoms with Crippen molar-refractivity contribution in [3.63, 3.8) is 0 Å². The number of carbonyl (C=O) groups excluding carboxylic acids is 2. The van der Waals surface area contributed by atoms with Crippen LogP contribution in [0.4, 0.5) is 0 Å². The Morgan fingerprint density at radius 1 is 0.742 bits per heavy atom. The van der Waals surface area contributed by atoms with Crippen LogP contribution in [-0.2, 0) is 12.8 Å². The summed E-state index contributed by atoms with van der Waals surface area (Å²) >= 11 is 6.53. The minimum atomic E-state index is -0.484. The van der Waals surface area contributed by atoms with Gasteiger partial charge < -0.3 is 9.47 Å². The predicted octanol–water partition coefficient (Wildman–Crippen LogP) is 6.21. The van der Waals surface area contributed by atoms with E-state index >= 15 is 0 Å². The molecule has 0 N–H and O–H groups in total. The number of fused-ring (bicyclic) bond motifs is 1. The minimum absolute atomic E-state index is 0.228. The maximum atomic E-state index is 12.7. The van der Waals surface area contributed by atoms with Crippen molar-refractivity contribution < 1.29 is 19.1 Å². The molecule has 0 saturated carbocycles. The second-order valence-electron chi connectivity index (χ2n) is 7.57. The van der Waals surface area contributed by atoms with E-state index in [1.807, 2.05) is 26.0 Å². The van der Waals surface area contributed by atoms with E-state index in [1.54, 1.807) is 54.6 Å². The molecule has 0 aliphatic heterocycles. The molecule has 5 heteroatoms. The fraction of sp³-hybridized carbons (Fsp3) is 0.154. The first-order chi connectivity index (χ1) is 14.9. The first-order valence-corrected chi connectivity index (χ1v) is 10.4. The number of halogens is 1. The molecule has 0 radical (unpaired) electrons. The van der Waals surface area contributed by atoms with Gasteiger partial charge in [-0.1, -0.05) is 59.1 Å². The Labute approximate surface area is 186 Å². The van der Waals surface area contributed by atoms with Crippen molar-refractivity contribution in [3.05, 3.63) is 105 Å². The standard InChI is InChI=1S/C26H21ClO4/c1-16-13-20-21(14-17(16)2)24(31-26(29)19-11-7-4-8-12-19)22(27)15-23(20)30-25(28)18-9-5-3-6-10-18/h3-12,15H,13-14H2,1-2H3. The van der Waals surface area contributed by atoms with Gasteiger partial charge in [0, 0.05) is 17.2 Å². The Morgan fingerprint density at radius 3 is 1.77 bits per heavy atom. The lowest BCUT2D eigenvalue weighted by molar-refractivity contribution is 0.0717. The molecule has 156 valence electrons. The van der Waals surface area contributed by atoms with Gasteiger partial charge in [-0.15, -0.1) is 0 Å². The molecule has 3 aromatic rings. The molecule has 0 spiro atoms. The van der Waals surface area contributed by atoms with Gasteiger partial charge in [0.15, 0.2) is 5.75 Å². The van der Waals surface area contributed by atoms with Gasteiger partial charge in [0.2, 0.25) is 0 Å². The third-order valence-corrected chi connectivity index (χ3v) is 5.72. The van der Waals surface area contributed by atoms with Crippen LogP contribution in [0.1, 0.15) is 45.7 Å². The highest BCUT2D eigenvalue weighted by atomic mass is 35.5. The molecular weight excluding hydrogens is 412 g/mol. The molecule has 0 amide bonds. The van der Waals surface area contributed by atoms with Crippen molar-refractivity contribution in [2.45, 2.75) is 26.7 Å². The van der Waals surface area contributed by atoms with Crippen molar-refractivity contribution in [1.29, 1.82) is 0 Å². The summed E-state index contributed by atoms with van der Waals surface area (Å²) in [6.07, 6.45) is 1.15. The fourth-order valence-electron chi connectivity index (χ4n) is 3.57. The molecule has 1 aliphatic rings. The van der Waals surface area contributed by atoms with Crippen LogP contribution in [0.25, 0.3) is 0 Å². The van der Waals surface area contributed by atoms with Crippen molar-refractivity contribution in [1.82, 2.24) is 0 Å². The van der Waals surface area contributed by atoms with E-state index in [0.717, 1.165) is 11.1 Å². The van der Waals surface area contributed by atoms with Crippen LogP contribution in [0.3, 0.4) is 0 Å². The highest BCUT2D eigenvalue weighted by Crippen LogP contribution is 2.43. The molecule has 0 aromatic heterocycles. The lowest BCUT2D eigenvalue weighted by Gasteiger charge is -2.24. The van der Waals surface area contributed by atoms with Crippen LogP contribution in [0, 0.1) is 0 Å². The van der Waals surface area contributed by atoms with E-state index in [0.29, 0.717) is 35.5 Å². The molecular formula is C26H21ClO4. The van der Waals surface area contributed by atoms with E-state index in [4.69, 9.17) is 21.1 Å². The zero-order chi connectivity index (χ0) is 22.0. The Hall–Kier alpha value is -3.37. The summed E-state index contributed by atoms with van der Waals surface area (Å²) in [6.45, 7) is 4.09. The number of esters is 2. The summed E-state index contributed by atoms with van der Waals surface area (Å²) in [6, 6.07) is 19.1. The molecule has 4 rings (SSSR count). The maximum absolute atomic E-state index is 12.7. The Bertz CT molecular complexity index is 1180. The zero-order valence-corrected chi connectivity index (χ0v) is 18.0. The smallest absolute Gasteiger partial charge is 0.343 e. The summed E-state index contributed by atoms with van der Waals surface area (Å²) in [5, 5.41) is 0.228. The van der Waals surface area contributed by atoms with Crippen molar-refractivity contribution in [2.75, 3.05) is 0 Å². The van der Waals surface area contributed by atoms with Crippen LogP contribution < -0.4 is 9.47 Å². The molecule has 4 nitrogen and oxygen atoms in total. The summed E-state index contributed by atoms with van der Waals surface area (Å²) in [5.41, 5.74) is 4.83. The number of carbonyl (C=O) groups is 2. The average Bonchev–Trinajstić information content (AvgIpc) is 2.78. The third-order valence-electron chi connectivity index (χ3n) is 5.44. The van der Waals surface area contributed by atoms with E-state index in [2.05, 4.69) is 0 Å². The number of hydrogen-bond donors (Lipinski definition) is 0. The maximum Gasteiger partial charge on any atom is 0.343 e. The quantitative estimate of drug-likeness (QED) is 0.279. The number of hydrogen-bond acceptors (Lipinski definition) is 4. The van der Waals surface area contributed by atoms with Gasteiger partial charge >= 0.3 is 11.9 Å². The SMILES string of the molecule is CC1=C(C)Cc2c(c(OC(=O)c3ccccc3)cc(Cl)c2OC(=O)c2ccccc2)C1. The normalized spacial score (nSPS) is 12.9. The molecule has 0 heterocycles. The van der Waals surface area contributed by atoms with Crippen LogP contribution in [-0.4, -0.2) is 11.9 Å². The van der Waals surface area contributed by atoms with E-state index in [1.165, 1.54) is 11.1 Å². The summed E-state index contributed by atoms with van der Waals surface area (Å²) in [7, 11) is 0. The number of rotatable bonds is 4. The van der Waals surface area contributed by atoms with Crippen LogP contribution in [0.5, 0.6) is 11.5 Å². The summed E-state index contributed by atoms with van der Waals surface area (Å²) in [4.78, 5) is 25.3. The lowest BCUT2D eigenvalue weighted by Crippen LogP contribution is -2.16. The first-order valence-electron chi connectivity index (χ1n) is 9.98. The topological polar surface area (TPSA) is 52.6 Å². The van der Waals surface area contributed by atoms with Crippen molar-refractivity contribution in [3.8, 4) is 11.5 Å². The lowest BCUT2D eigenvalue weighted by atomic mass is 9.86.